The highest BCUT2D eigenvalue weighted by Gasteiger charge is 2.62. The second-order valence-electron chi connectivity index (χ2n) is 13.4. The molecule has 2 saturated carbocycles. The zero-order chi connectivity index (χ0) is 29.6. The summed E-state index contributed by atoms with van der Waals surface area (Å²) in [7, 11) is 0. The van der Waals surface area contributed by atoms with Gasteiger partial charge in [-0.1, -0.05) is 74.4 Å². The summed E-state index contributed by atoms with van der Waals surface area (Å²) in [6.45, 7) is 6.01. The van der Waals surface area contributed by atoms with Gasteiger partial charge in [-0.3, -0.25) is 29.0 Å². The first-order valence-corrected chi connectivity index (χ1v) is 15.8. The lowest BCUT2D eigenvalue weighted by Gasteiger charge is -2.21. The highest BCUT2D eigenvalue weighted by molar-refractivity contribution is 6.23. The molecule has 8 rings (SSSR count). The Bertz CT molecular complexity index is 1630. The summed E-state index contributed by atoms with van der Waals surface area (Å²) < 4.78 is 0. The van der Waals surface area contributed by atoms with Crippen molar-refractivity contribution in [2.75, 3.05) is 9.80 Å². The molecule has 4 bridgehead atoms. The van der Waals surface area contributed by atoms with Gasteiger partial charge < -0.3 is 0 Å². The van der Waals surface area contributed by atoms with E-state index in [9.17, 15) is 19.2 Å². The van der Waals surface area contributed by atoms with Crippen molar-refractivity contribution in [3.63, 3.8) is 0 Å². The number of allylic oxidation sites excluding steroid dienone is 5. The standard InChI is InChI=1S/C37H36N2O4.CH4/c1-3-5-22-16-24-18-28(22)32-30(24)34(40)38(36(32)42)26-11-7-20(8-12-26)15-21-9-13-27(14-10-21)39-35(41)31-25-17-23(6-4-2)29(19-25)33(31)37(39)43;/h3,7-14,16-17,24-25,28-33H,1,4-6,15,18-19H2,2H3;1H4. The Kier molecular flexibility index (Phi) is 6.87. The van der Waals surface area contributed by atoms with Crippen molar-refractivity contribution in [3.8, 4) is 0 Å². The molecule has 2 aromatic rings. The van der Waals surface area contributed by atoms with Crippen LogP contribution in [0.3, 0.4) is 0 Å². The zero-order valence-corrected chi connectivity index (χ0v) is 24.4. The molecule has 8 atom stereocenters. The molecule has 44 heavy (non-hydrogen) atoms. The monoisotopic (exact) mass is 588 g/mol. The summed E-state index contributed by atoms with van der Waals surface area (Å²) in [5.74, 6) is -0.353. The molecular weight excluding hydrogens is 548 g/mol. The fraction of sp³-hybridized carbons (Fsp3) is 0.421. The Labute approximate surface area is 259 Å². The molecule has 6 nitrogen and oxygen atoms in total. The van der Waals surface area contributed by atoms with E-state index in [1.165, 1.54) is 20.9 Å². The third-order valence-electron chi connectivity index (χ3n) is 11.2. The average molecular weight is 589 g/mol. The van der Waals surface area contributed by atoms with Gasteiger partial charge in [0.1, 0.15) is 0 Å². The molecule has 2 aromatic carbocycles. The van der Waals surface area contributed by atoms with Gasteiger partial charge >= 0.3 is 0 Å². The molecule has 226 valence electrons. The van der Waals surface area contributed by atoms with Crippen LogP contribution >= 0.6 is 0 Å². The molecule has 4 aliphatic carbocycles. The van der Waals surface area contributed by atoms with Crippen LogP contribution in [-0.4, -0.2) is 23.6 Å². The molecule has 0 N–H and O–H groups in total. The molecule has 8 unspecified atom stereocenters. The van der Waals surface area contributed by atoms with Crippen LogP contribution in [0.25, 0.3) is 0 Å². The maximum Gasteiger partial charge on any atom is 0.238 e. The van der Waals surface area contributed by atoms with Crippen molar-refractivity contribution in [1.82, 2.24) is 0 Å². The number of nitrogens with zero attached hydrogens (tertiary/aromatic N) is 2. The molecule has 2 aliphatic heterocycles. The van der Waals surface area contributed by atoms with Gasteiger partial charge in [0.2, 0.25) is 23.6 Å². The van der Waals surface area contributed by atoms with Crippen LogP contribution in [0, 0.1) is 47.3 Å². The molecule has 4 amide bonds. The van der Waals surface area contributed by atoms with Gasteiger partial charge in [-0.25, -0.2) is 0 Å². The van der Waals surface area contributed by atoms with Crippen LogP contribution in [0.2, 0.25) is 0 Å². The summed E-state index contributed by atoms with van der Waals surface area (Å²) >= 11 is 0. The first-order chi connectivity index (χ1) is 20.9. The van der Waals surface area contributed by atoms with E-state index in [0.29, 0.717) is 17.8 Å². The quantitative estimate of drug-likeness (QED) is 0.256. The molecular formula is C38H40N2O4. The van der Waals surface area contributed by atoms with Crippen molar-refractivity contribution in [1.29, 1.82) is 0 Å². The number of carbonyl (C=O) groups excluding carboxylic acids is 4. The van der Waals surface area contributed by atoms with Gasteiger partial charge in [-0.15, -0.1) is 6.58 Å². The normalized spacial score (nSPS) is 32.7. The van der Waals surface area contributed by atoms with E-state index in [1.807, 2.05) is 54.6 Å². The van der Waals surface area contributed by atoms with Crippen LogP contribution < -0.4 is 9.80 Å². The fourth-order valence-corrected chi connectivity index (χ4v) is 9.46. The Morgan fingerprint density at radius 3 is 1.57 bits per heavy atom. The number of rotatable bonds is 8. The number of hydrogen-bond donors (Lipinski definition) is 0. The number of amides is 4. The van der Waals surface area contributed by atoms with E-state index >= 15 is 0 Å². The number of imide groups is 2. The van der Waals surface area contributed by atoms with E-state index in [2.05, 4.69) is 25.7 Å². The molecule has 2 heterocycles. The van der Waals surface area contributed by atoms with Gasteiger partial charge in [0.05, 0.1) is 35.0 Å². The summed E-state index contributed by atoms with van der Waals surface area (Å²) in [5, 5.41) is 0. The van der Waals surface area contributed by atoms with E-state index < -0.39 is 0 Å². The first-order valence-electron chi connectivity index (χ1n) is 15.8. The number of fused-ring (bicyclic) bond motifs is 10. The minimum atomic E-state index is -0.241. The molecule has 0 spiro atoms. The smallest absolute Gasteiger partial charge is 0.238 e. The van der Waals surface area contributed by atoms with Crippen LogP contribution in [0.5, 0.6) is 0 Å². The minimum Gasteiger partial charge on any atom is -0.274 e. The Balaban J connectivity index is 0.00000312. The third-order valence-corrected chi connectivity index (χ3v) is 11.2. The van der Waals surface area contributed by atoms with Gasteiger partial charge in [-0.2, -0.15) is 0 Å². The van der Waals surface area contributed by atoms with Gasteiger partial charge in [0, 0.05) is 0 Å². The number of benzene rings is 2. The van der Waals surface area contributed by atoms with Crippen molar-refractivity contribution >= 4 is 35.0 Å². The fourth-order valence-electron chi connectivity index (χ4n) is 9.46. The van der Waals surface area contributed by atoms with Crippen molar-refractivity contribution in [3.05, 3.63) is 95.6 Å². The first kappa shape index (κ1) is 28.7. The lowest BCUT2D eigenvalue weighted by molar-refractivity contribution is -0.124. The largest absolute Gasteiger partial charge is 0.274 e. The summed E-state index contributed by atoms with van der Waals surface area (Å²) in [6, 6.07) is 15.4. The predicted octanol–water partition coefficient (Wildman–Crippen LogP) is 6.65. The number of hydrogen-bond acceptors (Lipinski definition) is 4. The molecule has 2 saturated heterocycles. The Morgan fingerprint density at radius 1 is 0.682 bits per heavy atom. The van der Waals surface area contributed by atoms with Gasteiger partial charge in [0.25, 0.3) is 0 Å². The van der Waals surface area contributed by atoms with E-state index in [1.54, 1.807) is 0 Å². The second kappa shape index (κ2) is 10.5. The van der Waals surface area contributed by atoms with Crippen molar-refractivity contribution < 1.29 is 19.2 Å². The lowest BCUT2D eigenvalue weighted by atomic mass is 9.80. The molecule has 4 fully saturated rings. The summed E-state index contributed by atoms with van der Waals surface area (Å²) in [5.41, 5.74) is 6.03. The second-order valence-corrected chi connectivity index (χ2v) is 13.4. The zero-order valence-electron chi connectivity index (χ0n) is 24.4. The summed E-state index contributed by atoms with van der Waals surface area (Å²) in [4.78, 5) is 56.5. The predicted molar refractivity (Wildman–Crippen MR) is 170 cm³/mol. The van der Waals surface area contributed by atoms with Crippen molar-refractivity contribution in [2.45, 2.75) is 52.9 Å². The summed E-state index contributed by atoms with van der Waals surface area (Å²) in [6.07, 6.45) is 11.7. The van der Waals surface area contributed by atoms with Crippen LogP contribution in [0.15, 0.2) is 84.5 Å². The Morgan fingerprint density at radius 2 is 1.11 bits per heavy atom. The van der Waals surface area contributed by atoms with Crippen LogP contribution in [0.1, 0.15) is 57.6 Å². The SMILES string of the molecule is C.C=CCC1=CC2CC1C1C(=O)N(c3ccc(Cc4ccc(N5C(=O)C6C7C=C(CCC)C(C7)C6C5=O)cc4)cc3)C(=O)C21. The maximum absolute atomic E-state index is 13.5. The van der Waals surface area contributed by atoms with E-state index in [4.69, 9.17) is 0 Å². The molecule has 6 heteroatoms. The number of carbonyl (C=O) groups is 4. The van der Waals surface area contributed by atoms with E-state index in [0.717, 1.165) is 43.2 Å². The van der Waals surface area contributed by atoms with Gasteiger partial charge in [0.15, 0.2) is 0 Å². The average Bonchev–Trinajstić information content (AvgIpc) is 3.83. The molecule has 0 aromatic heterocycles. The third kappa shape index (κ3) is 3.99. The van der Waals surface area contributed by atoms with Crippen molar-refractivity contribution in [2.24, 2.45) is 47.3 Å². The molecule has 6 aliphatic rings. The van der Waals surface area contributed by atoms with E-state index in [-0.39, 0.29) is 78.4 Å². The topological polar surface area (TPSA) is 74.8 Å². The highest BCUT2D eigenvalue weighted by Crippen LogP contribution is 2.58. The van der Waals surface area contributed by atoms with Crippen LogP contribution in [-0.2, 0) is 25.6 Å². The van der Waals surface area contributed by atoms with Gasteiger partial charge in [-0.05, 0) is 91.2 Å². The molecule has 0 radical (unpaired) electrons. The number of anilines is 2. The lowest BCUT2D eigenvalue weighted by Crippen LogP contribution is -2.33. The minimum absolute atomic E-state index is 0. The highest BCUT2D eigenvalue weighted by atomic mass is 16.2. The Hall–Kier alpha value is -4.06. The maximum atomic E-state index is 13.5. The van der Waals surface area contributed by atoms with Crippen LogP contribution in [0.4, 0.5) is 11.4 Å².